The van der Waals surface area contributed by atoms with Crippen LogP contribution < -0.4 is 20.3 Å². The average molecular weight is 1160 g/mol. The van der Waals surface area contributed by atoms with Gasteiger partial charge >= 0.3 is 12.4 Å². The summed E-state index contributed by atoms with van der Waals surface area (Å²) in [6.45, 7) is 12.3. The number of fused-ring (bicyclic) bond motifs is 2. The number of nitrogens with one attached hydrogen (secondary N) is 1. The van der Waals surface area contributed by atoms with Gasteiger partial charge in [0, 0.05) is 127 Å². The summed E-state index contributed by atoms with van der Waals surface area (Å²) in [6.07, 6.45) is -3.85. The summed E-state index contributed by atoms with van der Waals surface area (Å²) in [4.78, 5) is 9.35. The topological polar surface area (TPSA) is 129 Å². The van der Waals surface area contributed by atoms with Crippen molar-refractivity contribution in [3.63, 3.8) is 0 Å². The van der Waals surface area contributed by atoms with Crippen LogP contribution in [0.1, 0.15) is 36.8 Å². The van der Waals surface area contributed by atoms with Gasteiger partial charge in [0.2, 0.25) is 10.0 Å². The summed E-state index contributed by atoms with van der Waals surface area (Å²) in [6, 6.07) is 17.1. The number of benzene rings is 4. The van der Waals surface area contributed by atoms with E-state index in [9.17, 15) is 52.0 Å². The molecule has 76 heavy (non-hydrogen) atoms. The molecule has 2 saturated carbocycles. The van der Waals surface area contributed by atoms with Crippen molar-refractivity contribution in [3.8, 4) is 0 Å². The van der Waals surface area contributed by atoms with Gasteiger partial charge in [0.05, 0.1) is 32.3 Å². The molecule has 2 unspecified atom stereocenters. The fraction of sp³-hybridized carbons (Fsp3) is 0.462. The minimum atomic E-state index is -4.34. The van der Waals surface area contributed by atoms with E-state index >= 15 is 0 Å². The number of nitrogens with two attached hydrogens (primary N) is 1. The highest BCUT2D eigenvalue weighted by atomic mass is 35.7. The monoisotopic (exact) mass is 1160 g/mol. The predicted molar refractivity (Wildman–Crippen MR) is 284 cm³/mol. The Hall–Kier alpha value is -4.17. The molecule has 24 heteroatoms. The Bertz CT molecular complexity index is 3080. The first-order valence-corrected chi connectivity index (χ1v) is 30.5. The molecule has 0 amide bonds. The molecule has 2 aromatic heterocycles. The third-order valence-corrected chi connectivity index (χ3v) is 18.9. The Morgan fingerprint density at radius 2 is 1.01 bits per heavy atom. The molecule has 11 nitrogen and oxygen atoms in total. The minimum absolute atomic E-state index is 0.0582. The number of hydrogen-bond donors (Lipinski definition) is 2. The number of ether oxygens (including phenoxy) is 1. The van der Waals surface area contributed by atoms with E-state index in [1.165, 1.54) is 72.3 Å². The van der Waals surface area contributed by atoms with E-state index in [4.69, 9.17) is 21.2 Å². The van der Waals surface area contributed by atoms with Crippen LogP contribution in [-0.4, -0.2) is 118 Å². The molecule has 5 aliphatic rings. The van der Waals surface area contributed by atoms with Crippen LogP contribution in [0.25, 0.3) is 20.2 Å². The summed E-state index contributed by atoms with van der Waals surface area (Å²) >= 11 is 2.73. The maximum absolute atomic E-state index is 13.0. The number of sulfonamides is 1. The van der Waals surface area contributed by atoms with Gasteiger partial charge < -0.3 is 20.3 Å². The fourth-order valence-corrected chi connectivity index (χ4v) is 13.4. The SMILES string of the molecule is C1CCOC1.NC[C@@H]1CC1CN1CCN(c2csc3cc(C(F)(F)F)ccc23)CC1.O=S(=O)(Cl)c1ccc(F)cc1.O=S(=O)(NC[C@@H]1CC1CN1CCN(c2csc3cc(C(F)(F)F)ccc23)CC1)c1ccc(F)cc1. The standard InChI is InChI=1S/C24H25F4N3O2S2.C18H22F3N3S.C6H4ClFO2S.C4H8O/c25-19-2-4-20(5-3-19)35(32,33)29-13-16-11-17(16)14-30-7-9-31(10-8-30)22-15-34-23-12-18(24(26,27)28)1-6-21(22)23;19-18(20,21)14-1-2-15-16(11-25-17(15)8-14)24-5-3-23(4-6-24)10-13-7-12(13)9-22;7-11(9,10)6-3-1-5(8)2-4-6;1-2-4-5-3-1/h1-6,12,15-17,29H,7-11,13-14H2;1-2,8,11-13H,3-7,9-10,22H2;1-4H;1-4H2/t16-,17?;12-,13?;;/m00../s1. The zero-order valence-corrected chi connectivity index (χ0v) is 45.2. The number of nitrogens with zero attached hydrogens (tertiary/aromatic N) is 4. The molecule has 6 aromatic rings. The number of anilines is 2. The van der Waals surface area contributed by atoms with Gasteiger partial charge in [-0.15, -0.1) is 22.7 Å². The van der Waals surface area contributed by atoms with Gasteiger partial charge in [-0.2, -0.15) is 26.3 Å². The molecule has 0 radical (unpaired) electrons. The molecule has 5 fully saturated rings. The van der Waals surface area contributed by atoms with Crippen molar-refractivity contribution in [3.05, 3.63) is 118 Å². The third kappa shape index (κ3) is 15.8. The molecule has 3 saturated heterocycles. The molecular formula is C52H59ClF8N6O5S4. The van der Waals surface area contributed by atoms with Gasteiger partial charge in [0.15, 0.2) is 0 Å². The lowest BCUT2D eigenvalue weighted by atomic mass is 10.1. The van der Waals surface area contributed by atoms with Crippen LogP contribution in [0.15, 0.2) is 105 Å². The number of thiophene rings is 2. The van der Waals surface area contributed by atoms with E-state index in [1.54, 1.807) is 12.1 Å². The quantitative estimate of drug-likeness (QED) is 0.0903. The van der Waals surface area contributed by atoms with E-state index in [2.05, 4.69) is 24.3 Å². The van der Waals surface area contributed by atoms with E-state index in [0.29, 0.717) is 27.8 Å². The second-order valence-electron chi connectivity index (χ2n) is 19.5. The average Bonchev–Trinajstić information content (AvgIpc) is 4.00. The van der Waals surface area contributed by atoms with Gasteiger partial charge in [0.25, 0.3) is 9.05 Å². The molecule has 0 spiro atoms. The molecule has 4 aromatic carbocycles. The van der Waals surface area contributed by atoms with E-state index in [1.807, 2.05) is 10.8 Å². The molecule has 11 rings (SSSR count). The molecule has 3 N–H and O–H groups in total. The van der Waals surface area contributed by atoms with Gasteiger partial charge in [-0.25, -0.2) is 30.3 Å². The van der Waals surface area contributed by atoms with Crippen LogP contribution in [0.2, 0.25) is 0 Å². The van der Waals surface area contributed by atoms with Crippen LogP contribution in [0.4, 0.5) is 46.5 Å². The minimum Gasteiger partial charge on any atom is -0.381 e. The summed E-state index contributed by atoms with van der Waals surface area (Å²) in [5, 5.41) is 5.71. The van der Waals surface area contributed by atoms with Crippen molar-refractivity contribution in [2.24, 2.45) is 29.4 Å². The number of hydrogen-bond acceptors (Lipinski definition) is 12. The number of halogens is 9. The maximum atomic E-state index is 13.0. The number of rotatable bonds is 12. The number of piperazine rings is 2. The van der Waals surface area contributed by atoms with E-state index in [-0.39, 0.29) is 15.7 Å². The Balaban J connectivity index is 0.000000160. The Kier molecular flexibility index (Phi) is 19.0. The smallest absolute Gasteiger partial charge is 0.381 e. The molecule has 2 aliphatic carbocycles. The highest BCUT2D eigenvalue weighted by Crippen LogP contribution is 2.42. The van der Waals surface area contributed by atoms with E-state index in [0.717, 1.165) is 162 Å². The van der Waals surface area contributed by atoms with Crippen LogP contribution in [0.5, 0.6) is 0 Å². The fourth-order valence-electron chi connectivity index (χ4n) is 9.50. The third-order valence-electron chi connectivity index (χ3n) is 14.2. The van der Waals surface area contributed by atoms with Crippen LogP contribution >= 0.6 is 33.4 Å². The lowest BCUT2D eigenvalue weighted by Gasteiger charge is -2.36. The second kappa shape index (κ2) is 24.9. The van der Waals surface area contributed by atoms with Gasteiger partial charge in [-0.05, 0) is 129 Å². The Labute approximate surface area is 450 Å². The molecule has 3 aliphatic heterocycles. The van der Waals surface area contributed by atoms with Crippen LogP contribution in [0, 0.1) is 35.3 Å². The summed E-state index contributed by atoms with van der Waals surface area (Å²) in [5.74, 6) is 1.22. The second-order valence-corrected chi connectivity index (χ2v) is 25.7. The number of alkyl halides is 6. The normalized spacial score (nSPS) is 21.3. The first kappa shape index (κ1) is 58.0. The molecule has 4 atom stereocenters. The Morgan fingerprint density at radius 1 is 0.592 bits per heavy atom. The van der Waals surface area contributed by atoms with Gasteiger partial charge in [-0.3, -0.25) is 9.80 Å². The summed E-state index contributed by atoms with van der Waals surface area (Å²) < 4.78 is 158. The van der Waals surface area contributed by atoms with Crippen molar-refractivity contribution in [1.29, 1.82) is 0 Å². The van der Waals surface area contributed by atoms with Gasteiger partial charge in [-0.1, -0.05) is 12.1 Å². The van der Waals surface area contributed by atoms with Crippen molar-refractivity contribution < 1.29 is 56.7 Å². The predicted octanol–water partition coefficient (Wildman–Crippen LogP) is 11.0. The molecule has 414 valence electrons. The van der Waals surface area contributed by atoms with Crippen LogP contribution in [-0.2, 0) is 36.2 Å². The Morgan fingerprint density at radius 3 is 1.39 bits per heavy atom. The zero-order valence-electron chi connectivity index (χ0n) is 41.2. The molecule has 5 heterocycles. The largest absolute Gasteiger partial charge is 0.416 e. The summed E-state index contributed by atoms with van der Waals surface area (Å²) in [5.41, 5.74) is 6.57. The first-order valence-electron chi connectivity index (χ1n) is 24.9. The molecule has 0 bridgehead atoms. The van der Waals surface area contributed by atoms with Crippen molar-refractivity contribution >= 4 is 84.0 Å². The van der Waals surface area contributed by atoms with Gasteiger partial charge in [0.1, 0.15) is 11.6 Å². The maximum Gasteiger partial charge on any atom is 0.416 e. The van der Waals surface area contributed by atoms with Crippen LogP contribution in [0.3, 0.4) is 0 Å². The first-order chi connectivity index (χ1) is 36.1. The van der Waals surface area contributed by atoms with E-state index < -0.39 is 54.2 Å². The highest BCUT2D eigenvalue weighted by molar-refractivity contribution is 8.13. The molecular weight excluding hydrogens is 1100 g/mol. The lowest BCUT2D eigenvalue weighted by molar-refractivity contribution is -0.138. The lowest BCUT2D eigenvalue weighted by Crippen LogP contribution is -2.47. The highest BCUT2D eigenvalue weighted by Gasteiger charge is 2.40. The van der Waals surface area contributed by atoms with Crippen molar-refractivity contribution in [2.45, 2.75) is 47.8 Å². The zero-order chi connectivity index (χ0) is 54.4. The van der Waals surface area contributed by atoms with Crippen molar-refractivity contribution in [2.75, 3.05) is 102 Å². The summed E-state index contributed by atoms with van der Waals surface area (Å²) in [7, 11) is -2.40. The van der Waals surface area contributed by atoms with Crippen molar-refractivity contribution in [1.82, 2.24) is 14.5 Å².